The molecule has 2 N–H and O–H groups in total. The number of benzene rings is 2. The van der Waals surface area contributed by atoms with E-state index in [0.717, 1.165) is 12.1 Å². The molecular weight excluding hydrogens is 505 g/mol. The molecule has 2 aromatic carbocycles. The maximum atomic E-state index is 11.6. The third-order valence-electron chi connectivity index (χ3n) is 4.24. The molecule has 1 aliphatic rings. The molecule has 1 fully saturated rings. The monoisotopic (exact) mass is 531 g/mol. The maximum absolute atomic E-state index is 11.6. The third-order valence-corrected chi connectivity index (χ3v) is 7.02. The van der Waals surface area contributed by atoms with Crippen molar-refractivity contribution in [3.8, 4) is 0 Å². The minimum atomic E-state index is -2.90. The van der Waals surface area contributed by atoms with Crippen LogP contribution in [0.15, 0.2) is 69.4 Å². The summed E-state index contributed by atoms with van der Waals surface area (Å²) in [6, 6.07) is 18.6. The van der Waals surface area contributed by atoms with E-state index >= 15 is 0 Å². The molecule has 8 heteroatoms. The van der Waals surface area contributed by atoms with Crippen molar-refractivity contribution >= 4 is 51.5 Å². The highest BCUT2D eigenvalue weighted by Gasteiger charge is 2.28. The van der Waals surface area contributed by atoms with Gasteiger partial charge >= 0.3 is 0 Å². The highest BCUT2D eigenvalue weighted by Crippen LogP contribution is 2.27. The first kappa shape index (κ1) is 23.0. The molecule has 1 saturated heterocycles. The number of nitrogens with zero attached hydrogens (tertiary/aromatic N) is 1. The Labute approximate surface area is 188 Å². The van der Waals surface area contributed by atoms with E-state index in [9.17, 15) is 8.42 Å². The standard InChI is InChI=1S/C20H25N3O2S2.HI/c1-2-21-20(23-17-12-13-27(24,25)15-17)22-14-16-8-10-19(11-9-16)26-18-6-4-3-5-7-18;/h3-11,17H,2,12-15H2,1H3,(H2,21,22,23);1H. The summed E-state index contributed by atoms with van der Waals surface area (Å²) in [7, 11) is -2.90. The summed E-state index contributed by atoms with van der Waals surface area (Å²) in [4.78, 5) is 7.01. The van der Waals surface area contributed by atoms with Crippen LogP contribution >= 0.6 is 35.7 Å². The molecule has 2 aromatic rings. The summed E-state index contributed by atoms with van der Waals surface area (Å²) >= 11 is 1.73. The molecule has 0 aromatic heterocycles. The van der Waals surface area contributed by atoms with E-state index in [1.54, 1.807) is 11.8 Å². The quantitative estimate of drug-likeness (QED) is 0.338. The molecule has 28 heavy (non-hydrogen) atoms. The molecule has 5 nitrogen and oxygen atoms in total. The zero-order chi connectivity index (χ0) is 19.1. The van der Waals surface area contributed by atoms with Crippen molar-refractivity contribution in [1.29, 1.82) is 0 Å². The van der Waals surface area contributed by atoms with Gasteiger partial charge in [0, 0.05) is 22.4 Å². The topological polar surface area (TPSA) is 70.6 Å². The normalized spacial score (nSPS) is 18.3. The van der Waals surface area contributed by atoms with Crippen LogP contribution in [0, 0.1) is 0 Å². The molecular formula is C20H26IN3O2S2. The average molecular weight is 531 g/mol. The van der Waals surface area contributed by atoms with Crippen LogP contribution in [0.3, 0.4) is 0 Å². The highest BCUT2D eigenvalue weighted by atomic mass is 127. The van der Waals surface area contributed by atoms with Crippen LogP contribution in [0.25, 0.3) is 0 Å². The Morgan fingerprint density at radius 2 is 1.79 bits per heavy atom. The first-order valence-electron chi connectivity index (χ1n) is 9.11. The molecule has 152 valence electrons. The molecule has 1 unspecified atom stereocenters. The highest BCUT2D eigenvalue weighted by molar-refractivity contribution is 14.0. The molecule has 1 atom stereocenters. The van der Waals surface area contributed by atoms with Gasteiger partial charge in [-0.1, -0.05) is 42.1 Å². The summed E-state index contributed by atoms with van der Waals surface area (Å²) in [6.07, 6.45) is 0.637. The van der Waals surface area contributed by atoms with Gasteiger partial charge in [0.05, 0.1) is 18.1 Å². The van der Waals surface area contributed by atoms with Gasteiger partial charge in [0.1, 0.15) is 0 Å². The molecule has 3 rings (SSSR count). The lowest BCUT2D eigenvalue weighted by atomic mass is 10.2. The Bertz CT molecular complexity index is 872. The molecule has 0 radical (unpaired) electrons. The fourth-order valence-corrected chi connectivity index (χ4v) is 5.39. The van der Waals surface area contributed by atoms with Crippen LogP contribution in [0.5, 0.6) is 0 Å². The molecule has 0 spiro atoms. The van der Waals surface area contributed by atoms with E-state index in [4.69, 9.17) is 0 Å². The first-order chi connectivity index (χ1) is 13.0. The molecule has 0 amide bonds. The van der Waals surface area contributed by atoms with Gasteiger partial charge in [-0.2, -0.15) is 0 Å². The largest absolute Gasteiger partial charge is 0.357 e. The lowest BCUT2D eigenvalue weighted by molar-refractivity contribution is 0.599. The molecule has 1 heterocycles. The van der Waals surface area contributed by atoms with E-state index in [0.29, 0.717) is 18.9 Å². The minimum Gasteiger partial charge on any atom is -0.357 e. The predicted octanol–water partition coefficient (Wildman–Crippen LogP) is 3.70. The number of nitrogens with one attached hydrogen (secondary N) is 2. The van der Waals surface area contributed by atoms with Crippen molar-refractivity contribution in [2.24, 2.45) is 4.99 Å². The van der Waals surface area contributed by atoms with Crippen molar-refractivity contribution in [2.75, 3.05) is 18.1 Å². The maximum Gasteiger partial charge on any atom is 0.191 e. The summed E-state index contributed by atoms with van der Waals surface area (Å²) < 4.78 is 23.2. The third kappa shape index (κ3) is 7.29. The van der Waals surface area contributed by atoms with E-state index < -0.39 is 9.84 Å². The number of sulfone groups is 1. The Morgan fingerprint density at radius 3 is 2.39 bits per heavy atom. The van der Waals surface area contributed by atoms with Gasteiger partial charge in [-0.05, 0) is 43.2 Å². The minimum absolute atomic E-state index is 0. The Hall–Kier alpha value is -1.26. The van der Waals surface area contributed by atoms with Gasteiger partial charge in [-0.3, -0.25) is 0 Å². The molecule has 0 aliphatic carbocycles. The second-order valence-corrected chi connectivity index (χ2v) is 9.87. The fourth-order valence-electron chi connectivity index (χ4n) is 2.88. The first-order valence-corrected chi connectivity index (χ1v) is 11.7. The van der Waals surface area contributed by atoms with Crippen LogP contribution in [0.4, 0.5) is 0 Å². The summed E-state index contributed by atoms with van der Waals surface area (Å²) in [6.45, 7) is 3.28. The van der Waals surface area contributed by atoms with E-state index in [2.05, 4.69) is 52.0 Å². The van der Waals surface area contributed by atoms with Crippen LogP contribution < -0.4 is 10.6 Å². The van der Waals surface area contributed by atoms with Crippen molar-refractivity contribution < 1.29 is 8.42 Å². The van der Waals surface area contributed by atoms with Gasteiger partial charge in [0.25, 0.3) is 0 Å². The lowest BCUT2D eigenvalue weighted by Crippen LogP contribution is -2.44. The van der Waals surface area contributed by atoms with Gasteiger partial charge in [-0.15, -0.1) is 24.0 Å². The van der Waals surface area contributed by atoms with Crippen LogP contribution in [0.2, 0.25) is 0 Å². The van der Waals surface area contributed by atoms with Gasteiger partial charge in [-0.25, -0.2) is 13.4 Å². The predicted molar refractivity (Wildman–Crippen MR) is 127 cm³/mol. The van der Waals surface area contributed by atoms with E-state index in [-0.39, 0.29) is 41.5 Å². The Balaban J connectivity index is 0.00000280. The number of hydrogen-bond acceptors (Lipinski definition) is 4. The molecule has 0 bridgehead atoms. The van der Waals surface area contributed by atoms with Crippen molar-refractivity contribution in [2.45, 2.75) is 35.7 Å². The second-order valence-electron chi connectivity index (χ2n) is 6.50. The van der Waals surface area contributed by atoms with Crippen LogP contribution in [-0.4, -0.2) is 38.5 Å². The van der Waals surface area contributed by atoms with Gasteiger partial charge < -0.3 is 10.6 Å². The number of rotatable bonds is 6. The van der Waals surface area contributed by atoms with Crippen LogP contribution in [0.1, 0.15) is 18.9 Å². The van der Waals surface area contributed by atoms with Gasteiger partial charge in [0.2, 0.25) is 0 Å². The smallest absolute Gasteiger partial charge is 0.191 e. The lowest BCUT2D eigenvalue weighted by Gasteiger charge is -2.15. The zero-order valence-corrected chi connectivity index (χ0v) is 19.8. The second kappa shape index (κ2) is 11.1. The summed E-state index contributed by atoms with van der Waals surface area (Å²) in [5.74, 6) is 1.11. The summed E-state index contributed by atoms with van der Waals surface area (Å²) in [5.41, 5.74) is 1.11. The SMILES string of the molecule is CCNC(=NCc1ccc(Sc2ccccc2)cc1)NC1CCS(=O)(=O)C1.I. The van der Waals surface area contributed by atoms with Crippen molar-refractivity contribution in [3.05, 3.63) is 60.2 Å². The van der Waals surface area contributed by atoms with E-state index in [1.165, 1.54) is 9.79 Å². The van der Waals surface area contributed by atoms with Crippen molar-refractivity contribution in [3.63, 3.8) is 0 Å². The zero-order valence-electron chi connectivity index (χ0n) is 15.8. The Morgan fingerprint density at radius 1 is 1.11 bits per heavy atom. The van der Waals surface area contributed by atoms with E-state index in [1.807, 2.05) is 25.1 Å². The fraction of sp³-hybridized carbons (Fsp3) is 0.350. The number of guanidine groups is 1. The van der Waals surface area contributed by atoms with Gasteiger partial charge in [0.15, 0.2) is 15.8 Å². The van der Waals surface area contributed by atoms with Crippen LogP contribution in [-0.2, 0) is 16.4 Å². The summed E-state index contributed by atoms with van der Waals surface area (Å²) in [5, 5.41) is 6.43. The number of hydrogen-bond donors (Lipinski definition) is 2. The Kier molecular flexibility index (Phi) is 9.10. The molecule has 1 aliphatic heterocycles. The number of aliphatic imine (C=N–C) groups is 1. The molecule has 0 saturated carbocycles. The van der Waals surface area contributed by atoms with Crippen molar-refractivity contribution in [1.82, 2.24) is 10.6 Å². The average Bonchev–Trinajstić information content (AvgIpc) is 3.00. The number of halogens is 1.